The zero-order chi connectivity index (χ0) is 8.97. The maximum Gasteiger partial charge on any atom is 0.122 e. The van der Waals surface area contributed by atoms with Crippen LogP contribution < -0.4 is 5.32 Å². The lowest BCUT2D eigenvalue weighted by atomic mass is 10.1. The van der Waals surface area contributed by atoms with Gasteiger partial charge in [0.2, 0.25) is 0 Å². The molecule has 1 N–H and O–H groups in total. The van der Waals surface area contributed by atoms with Crippen molar-refractivity contribution in [1.29, 1.82) is 0 Å². The van der Waals surface area contributed by atoms with Gasteiger partial charge in [-0.2, -0.15) is 0 Å². The molecule has 1 fully saturated rings. The summed E-state index contributed by atoms with van der Waals surface area (Å²) in [4.78, 5) is 10.4. The SMILES string of the molecule is CC(C=O)CC(P)C1NCCO1. The second-order valence-electron chi connectivity index (χ2n) is 3.26. The second kappa shape index (κ2) is 4.90. The molecule has 1 aliphatic heterocycles. The van der Waals surface area contributed by atoms with Gasteiger partial charge >= 0.3 is 0 Å². The summed E-state index contributed by atoms with van der Waals surface area (Å²) in [7, 11) is 2.73. The maximum atomic E-state index is 10.4. The lowest BCUT2D eigenvalue weighted by Gasteiger charge is -2.19. The minimum Gasteiger partial charge on any atom is -0.361 e. The molecule has 3 nitrogen and oxygen atoms in total. The molecule has 0 aliphatic carbocycles. The summed E-state index contributed by atoms with van der Waals surface area (Å²) in [5.74, 6) is 0.124. The van der Waals surface area contributed by atoms with Gasteiger partial charge < -0.3 is 9.53 Å². The van der Waals surface area contributed by atoms with Gasteiger partial charge in [-0.3, -0.25) is 5.32 Å². The van der Waals surface area contributed by atoms with E-state index in [0.29, 0.717) is 5.66 Å². The third-order valence-electron chi connectivity index (χ3n) is 2.01. The van der Waals surface area contributed by atoms with Gasteiger partial charge in [0.15, 0.2) is 0 Å². The Morgan fingerprint density at radius 1 is 1.83 bits per heavy atom. The second-order valence-corrected chi connectivity index (χ2v) is 4.11. The molecule has 4 atom stereocenters. The summed E-state index contributed by atoms with van der Waals surface area (Å²) < 4.78 is 5.41. The number of ether oxygens (including phenoxy) is 1. The fourth-order valence-electron chi connectivity index (χ4n) is 1.33. The molecule has 0 radical (unpaired) electrons. The Kier molecular flexibility index (Phi) is 4.13. The molecule has 0 amide bonds. The van der Waals surface area contributed by atoms with E-state index in [4.69, 9.17) is 4.74 Å². The first-order valence-electron chi connectivity index (χ1n) is 4.30. The van der Waals surface area contributed by atoms with Crippen LogP contribution in [0, 0.1) is 5.92 Å². The van der Waals surface area contributed by atoms with Gasteiger partial charge in [-0.15, -0.1) is 9.24 Å². The van der Waals surface area contributed by atoms with Gasteiger partial charge in [-0.25, -0.2) is 0 Å². The van der Waals surface area contributed by atoms with Crippen molar-refractivity contribution in [3.8, 4) is 0 Å². The number of hydrogen-bond acceptors (Lipinski definition) is 3. The third-order valence-corrected chi connectivity index (χ3v) is 2.63. The van der Waals surface area contributed by atoms with E-state index in [2.05, 4.69) is 14.6 Å². The average Bonchev–Trinajstić information content (AvgIpc) is 2.56. The van der Waals surface area contributed by atoms with Crippen LogP contribution in [-0.4, -0.2) is 31.3 Å². The Balaban J connectivity index is 2.26. The molecular weight excluding hydrogens is 173 g/mol. The molecule has 0 bridgehead atoms. The van der Waals surface area contributed by atoms with Crippen LogP contribution in [0.2, 0.25) is 0 Å². The zero-order valence-electron chi connectivity index (χ0n) is 7.32. The Hall–Kier alpha value is 0.0200. The standard InChI is InChI=1S/C8H16NO2P/c1-6(5-10)4-7(12)8-9-2-3-11-8/h5-9H,2-4,12H2,1H3. The van der Waals surface area contributed by atoms with Crippen LogP contribution in [0.3, 0.4) is 0 Å². The van der Waals surface area contributed by atoms with Crippen LogP contribution in [0.15, 0.2) is 0 Å². The average molecular weight is 189 g/mol. The minimum absolute atomic E-state index is 0.123. The smallest absolute Gasteiger partial charge is 0.122 e. The van der Waals surface area contributed by atoms with Crippen molar-refractivity contribution in [2.75, 3.05) is 13.2 Å². The highest BCUT2D eigenvalue weighted by molar-refractivity contribution is 7.17. The van der Waals surface area contributed by atoms with E-state index < -0.39 is 0 Å². The number of nitrogens with one attached hydrogen (secondary N) is 1. The third kappa shape index (κ3) is 2.81. The molecule has 0 aromatic rings. The zero-order valence-corrected chi connectivity index (χ0v) is 8.48. The first-order valence-corrected chi connectivity index (χ1v) is 4.96. The highest BCUT2D eigenvalue weighted by atomic mass is 31.0. The predicted molar refractivity (Wildman–Crippen MR) is 51.1 cm³/mol. The number of carbonyl (C=O) groups is 1. The summed E-state index contributed by atoms with van der Waals surface area (Å²) in [6, 6.07) is 0. The van der Waals surface area contributed by atoms with E-state index in [1.54, 1.807) is 0 Å². The van der Waals surface area contributed by atoms with Crippen molar-refractivity contribution in [3.63, 3.8) is 0 Å². The van der Waals surface area contributed by atoms with E-state index in [0.717, 1.165) is 25.9 Å². The summed E-state index contributed by atoms with van der Waals surface area (Å²) in [5, 5.41) is 3.23. The molecule has 0 aromatic carbocycles. The molecule has 1 rings (SSSR count). The van der Waals surface area contributed by atoms with Crippen molar-refractivity contribution in [1.82, 2.24) is 5.32 Å². The minimum atomic E-state index is 0.123. The molecule has 1 saturated heterocycles. The van der Waals surface area contributed by atoms with E-state index >= 15 is 0 Å². The molecule has 1 heterocycles. The Labute approximate surface area is 75.4 Å². The molecule has 0 spiro atoms. The fourth-order valence-corrected chi connectivity index (χ4v) is 2.01. The van der Waals surface area contributed by atoms with Gasteiger partial charge in [0, 0.05) is 18.1 Å². The van der Waals surface area contributed by atoms with Crippen molar-refractivity contribution in [2.24, 2.45) is 5.92 Å². The van der Waals surface area contributed by atoms with Gasteiger partial charge in [0.25, 0.3) is 0 Å². The van der Waals surface area contributed by atoms with Gasteiger partial charge in [0.05, 0.1) is 6.61 Å². The molecule has 1 aliphatic rings. The quantitative estimate of drug-likeness (QED) is 0.514. The predicted octanol–water partition coefficient (Wildman–Crippen LogP) is 0.401. The van der Waals surface area contributed by atoms with Crippen LogP contribution in [-0.2, 0) is 9.53 Å². The molecule has 0 aromatic heterocycles. The molecule has 4 unspecified atom stereocenters. The van der Waals surface area contributed by atoms with E-state index in [1.165, 1.54) is 0 Å². The topological polar surface area (TPSA) is 38.3 Å². The van der Waals surface area contributed by atoms with Gasteiger partial charge in [-0.1, -0.05) is 6.92 Å². The largest absolute Gasteiger partial charge is 0.361 e. The number of aldehydes is 1. The lowest BCUT2D eigenvalue weighted by Crippen LogP contribution is -2.33. The normalized spacial score (nSPS) is 28.3. The number of rotatable bonds is 4. The number of carbonyl (C=O) groups excluding carboxylic acids is 1. The Morgan fingerprint density at radius 3 is 3.08 bits per heavy atom. The van der Waals surface area contributed by atoms with Gasteiger partial charge in [0.1, 0.15) is 12.5 Å². The van der Waals surface area contributed by atoms with Crippen LogP contribution >= 0.6 is 9.24 Å². The van der Waals surface area contributed by atoms with Crippen molar-refractivity contribution in [2.45, 2.75) is 25.2 Å². The molecular formula is C8H16NO2P. The maximum absolute atomic E-state index is 10.4. The molecule has 70 valence electrons. The number of hydrogen-bond donors (Lipinski definition) is 1. The van der Waals surface area contributed by atoms with Crippen LogP contribution in [0.25, 0.3) is 0 Å². The van der Waals surface area contributed by atoms with E-state index in [-0.39, 0.29) is 12.1 Å². The van der Waals surface area contributed by atoms with E-state index in [1.807, 2.05) is 6.92 Å². The first-order chi connectivity index (χ1) is 5.74. The fraction of sp³-hybridized carbons (Fsp3) is 0.875. The summed E-state index contributed by atoms with van der Waals surface area (Å²) in [6.45, 7) is 3.63. The molecule has 12 heavy (non-hydrogen) atoms. The highest BCUT2D eigenvalue weighted by Crippen LogP contribution is 2.18. The molecule has 4 heteroatoms. The van der Waals surface area contributed by atoms with Crippen LogP contribution in [0.5, 0.6) is 0 Å². The first kappa shape index (κ1) is 10.1. The van der Waals surface area contributed by atoms with Crippen LogP contribution in [0.1, 0.15) is 13.3 Å². The van der Waals surface area contributed by atoms with E-state index in [9.17, 15) is 4.79 Å². The van der Waals surface area contributed by atoms with Crippen molar-refractivity contribution < 1.29 is 9.53 Å². The van der Waals surface area contributed by atoms with Gasteiger partial charge in [-0.05, 0) is 6.42 Å². The van der Waals surface area contributed by atoms with Crippen molar-refractivity contribution in [3.05, 3.63) is 0 Å². The Bertz CT molecular complexity index is 148. The molecule has 0 saturated carbocycles. The lowest BCUT2D eigenvalue weighted by molar-refractivity contribution is -0.110. The summed E-state index contributed by atoms with van der Waals surface area (Å²) in [6.07, 6.45) is 1.98. The highest BCUT2D eigenvalue weighted by Gasteiger charge is 2.22. The summed E-state index contributed by atoms with van der Waals surface area (Å²) >= 11 is 0. The Morgan fingerprint density at radius 2 is 2.58 bits per heavy atom. The van der Waals surface area contributed by atoms with Crippen LogP contribution in [0.4, 0.5) is 0 Å². The van der Waals surface area contributed by atoms with Crippen molar-refractivity contribution >= 4 is 15.5 Å². The monoisotopic (exact) mass is 189 g/mol. The summed E-state index contributed by atoms with van der Waals surface area (Å²) in [5.41, 5.74) is 0.340.